The van der Waals surface area contributed by atoms with Crippen molar-refractivity contribution in [1.82, 2.24) is 30.7 Å². The highest BCUT2D eigenvalue weighted by atomic mass is 19.1. The van der Waals surface area contributed by atoms with Gasteiger partial charge in [-0.05, 0) is 93.2 Å². The number of rotatable bonds is 7. The predicted molar refractivity (Wildman–Crippen MR) is 210 cm³/mol. The van der Waals surface area contributed by atoms with E-state index in [9.17, 15) is 42.3 Å². The minimum Gasteiger partial charge on any atom is -0.493 e. The van der Waals surface area contributed by atoms with Gasteiger partial charge in [0.1, 0.15) is 59.7 Å². The zero-order valence-corrected chi connectivity index (χ0v) is 34.0. The first kappa shape index (κ1) is 42.5. The van der Waals surface area contributed by atoms with Gasteiger partial charge in [0.05, 0.1) is 13.0 Å². The van der Waals surface area contributed by atoms with E-state index in [2.05, 4.69) is 16.0 Å². The van der Waals surface area contributed by atoms with Gasteiger partial charge < -0.3 is 40.1 Å². The van der Waals surface area contributed by atoms with E-state index in [4.69, 9.17) is 9.47 Å². The second-order valence-corrected chi connectivity index (χ2v) is 16.8. The normalized spacial score (nSPS) is 27.9. The lowest BCUT2D eigenvalue weighted by molar-refractivity contribution is -0.163. The molecule has 0 aliphatic carbocycles. The van der Waals surface area contributed by atoms with Crippen LogP contribution in [0.5, 0.6) is 5.75 Å². The number of hydrogen-bond acceptors (Lipinski definition) is 9. The summed E-state index contributed by atoms with van der Waals surface area (Å²) in [5.41, 5.74) is 1.64. The first-order valence-corrected chi connectivity index (χ1v) is 20.9. The smallest absolute Gasteiger partial charge is 0.329 e. The molecule has 0 bridgehead atoms. The van der Waals surface area contributed by atoms with Crippen LogP contribution in [0.3, 0.4) is 0 Å². The Labute approximate surface area is 346 Å². The predicted octanol–water partition coefficient (Wildman–Crippen LogP) is 1.71. The van der Waals surface area contributed by atoms with E-state index in [0.717, 1.165) is 24.1 Å². The molecular formula is C43H52F2N6O9. The van der Waals surface area contributed by atoms with E-state index >= 15 is 0 Å². The minimum atomic E-state index is -1.61. The second-order valence-electron chi connectivity index (χ2n) is 16.8. The fraction of sp³-hybridized carbons (Fsp3) is 0.558. The van der Waals surface area contributed by atoms with Crippen LogP contribution in [0.2, 0.25) is 0 Å². The molecule has 0 saturated carbocycles. The summed E-state index contributed by atoms with van der Waals surface area (Å²) in [7, 11) is 0. The number of cyclic esters (lactones) is 1. The Bertz CT molecular complexity index is 2030. The summed E-state index contributed by atoms with van der Waals surface area (Å²) in [5, 5.41) is 8.10. The third-order valence-corrected chi connectivity index (χ3v) is 12.2. The molecule has 2 aromatic carbocycles. The molecule has 60 heavy (non-hydrogen) atoms. The van der Waals surface area contributed by atoms with Crippen molar-refractivity contribution in [3.8, 4) is 5.75 Å². The number of hydrogen-bond donors (Lipinski definition) is 3. The molecule has 3 N–H and O–H groups in total. The van der Waals surface area contributed by atoms with Crippen molar-refractivity contribution in [3.63, 3.8) is 0 Å². The molecule has 5 aliphatic rings. The van der Waals surface area contributed by atoms with Gasteiger partial charge >= 0.3 is 5.97 Å². The van der Waals surface area contributed by atoms with Crippen molar-refractivity contribution in [3.05, 3.63) is 64.7 Å². The number of halogens is 2. The summed E-state index contributed by atoms with van der Waals surface area (Å²) in [4.78, 5) is 103. The number of esters is 1. The van der Waals surface area contributed by atoms with E-state index in [1.807, 2.05) is 13.0 Å². The molecule has 5 heterocycles. The van der Waals surface area contributed by atoms with E-state index in [-0.39, 0.29) is 56.8 Å². The van der Waals surface area contributed by atoms with Gasteiger partial charge in [0, 0.05) is 38.5 Å². The molecule has 0 unspecified atom stereocenters. The van der Waals surface area contributed by atoms with Crippen molar-refractivity contribution < 1.29 is 51.8 Å². The lowest BCUT2D eigenvalue weighted by atomic mass is 9.99. The highest BCUT2D eigenvalue weighted by Crippen LogP contribution is 2.30. The minimum absolute atomic E-state index is 0.0438. The van der Waals surface area contributed by atoms with Gasteiger partial charge in [-0.25, -0.2) is 13.6 Å². The standard InChI is InChI=1S/C43H52F2N6O9/c1-23-15-34-43(58)60-25(3)37(42(57)50-13-6-8-33(50)41(56)49-12-5-4-7-32(49)39(54)46-24(2)40(55)51(34)22-23)48-38(53)31(18-27-16-29(44)21-30(45)17-27)47-36(52)20-26-9-10-28-11-14-59-35(28)19-26/h9-10,16-17,19,21,23-25,31-34,37H,4-8,11-15,18,20,22H2,1-3H3,(H,46,54)(H,47,52)(H,48,53)/t23-,24+,25+,31+,32+,33+,34+,37+/m1/s1. The Hall–Kier alpha value is -5.61. The SMILES string of the molecule is C[C@@H]1C[C@H]2C(=O)O[C@@H](C)[C@H](NC(=O)[C@H](Cc3cc(F)cc(F)c3)NC(=O)Cc3ccc4c(c3)OCC4)C(=O)N3CCC[C@H]3C(=O)N3CCCC[C@H]3C(=O)N[C@@H](C)C(=O)N2C1. The molecule has 15 nitrogen and oxygen atoms in total. The first-order valence-electron chi connectivity index (χ1n) is 20.9. The van der Waals surface area contributed by atoms with Gasteiger partial charge in [-0.2, -0.15) is 0 Å². The number of amides is 6. The van der Waals surface area contributed by atoms with Crippen LogP contribution >= 0.6 is 0 Å². The van der Waals surface area contributed by atoms with Crippen LogP contribution in [-0.2, 0) is 57.6 Å². The average molecular weight is 835 g/mol. The topological polar surface area (TPSA) is 184 Å². The van der Waals surface area contributed by atoms with E-state index in [1.54, 1.807) is 12.1 Å². The van der Waals surface area contributed by atoms with Crippen molar-refractivity contribution >= 4 is 41.4 Å². The highest BCUT2D eigenvalue weighted by molar-refractivity contribution is 5.98. The zero-order valence-electron chi connectivity index (χ0n) is 34.0. The maximum absolute atomic E-state index is 14.8. The molecule has 2 aromatic rings. The van der Waals surface area contributed by atoms with Crippen molar-refractivity contribution in [2.75, 3.05) is 26.2 Å². The van der Waals surface area contributed by atoms with Crippen LogP contribution in [0, 0.1) is 17.6 Å². The molecule has 7 rings (SSSR count). The average Bonchev–Trinajstić information content (AvgIpc) is 3.98. The number of nitrogens with one attached hydrogen (secondary N) is 3. The second kappa shape index (κ2) is 17.9. The molecular weight excluding hydrogens is 783 g/mol. The highest BCUT2D eigenvalue weighted by Gasteiger charge is 2.47. The molecule has 0 radical (unpaired) electrons. The van der Waals surface area contributed by atoms with Gasteiger partial charge in [0.2, 0.25) is 35.4 Å². The molecule has 17 heteroatoms. The van der Waals surface area contributed by atoms with Gasteiger partial charge in [0.15, 0.2) is 0 Å². The number of nitrogens with zero attached hydrogens (tertiary/aromatic N) is 3. The van der Waals surface area contributed by atoms with Crippen LogP contribution in [0.15, 0.2) is 36.4 Å². The summed E-state index contributed by atoms with van der Waals surface area (Å²) in [6.45, 7) is 5.92. The van der Waals surface area contributed by atoms with Crippen molar-refractivity contribution in [1.29, 1.82) is 0 Å². The van der Waals surface area contributed by atoms with Gasteiger partial charge in [-0.3, -0.25) is 28.8 Å². The van der Waals surface area contributed by atoms with Gasteiger partial charge in [-0.1, -0.05) is 19.1 Å². The fourth-order valence-electron chi connectivity index (χ4n) is 9.15. The monoisotopic (exact) mass is 834 g/mol. The van der Waals surface area contributed by atoms with Crippen LogP contribution in [0.1, 0.15) is 76.0 Å². The Morgan fingerprint density at radius 1 is 0.833 bits per heavy atom. The van der Waals surface area contributed by atoms with Gasteiger partial charge in [0.25, 0.3) is 0 Å². The third kappa shape index (κ3) is 9.24. The van der Waals surface area contributed by atoms with Crippen LogP contribution in [0.4, 0.5) is 8.78 Å². The van der Waals surface area contributed by atoms with E-state index < -0.39 is 95.4 Å². The maximum atomic E-state index is 14.8. The van der Waals surface area contributed by atoms with E-state index in [0.29, 0.717) is 49.7 Å². The van der Waals surface area contributed by atoms with Crippen LogP contribution < -0.4 is 20.7 Å². The maximum Gasteiger partial charge on any atom is 0.329 e. The van der Waals surface area contributed by atoms with Gasteiger partial charge in [-0.15, -0.1) is 0 Å². The Morgan fingerprint density at radius 2 is 1.55 bits per heavy atom. The largest absolute Gasteiger partial charge is 0.493 e. The number of ether oxygens (including phenoxy) is 2. The lowest BCUT2D eigenvalue weighted by Gasteiger charge is -2.39. The van der Waals surface area contributed by atoms with Crippen molar-refractivity contribution in [2.45, 2.75) is 121 Å². The number of carbonyl (C=O) groups excluding carboxylic acids is 7. The quantitative estimate of drug-likeness (QED) is 0.350. The number of piperidine rings is 1. The molecule has 4 fully saturated rings. The third-order valence-electron chi connectivity index (χ3n) is 12.2. The molecule has 322 valence electrons. The molecule has 4 saturated heterocycles. The summed E-state index contributed by atoms with van der Waals surface area (Å²) in [5.74, 6) is -5.82. The Kier molecular flexibility index (Phi) is 12.7. The molecule has 5 aliphatic heterocycles. The van der Waals surface area contributed by atoms with Crippen molar-refractivity contribution in [2.24, 2.45) is 5.92 Å². The lowest BCUT2D eigenvalue weighted by Crippen LogP contribution is -2.63. The van der Waals surface area contributed by atoms with Crippen LogP contribution in [0.25, 0.3) is 0 Å². The molecule has 8 atom stereocenters. The van der Waals surface area contributed by atoms with Crippen LogP contribution in [-0.4, -0.2) is 125 Å². The number of fused-ring (bicyclic) bond motifs is 4. The Morgan fingerprint density at radius 3 is 2.32 bits per heavy atom. The molecule has 6 amide bonds. The number of carbonyl (C=O) groups is 7. The fourth-order valence-corrected chi connectivity index (χ4v) is 9.15. The summed E-state index contributed by atoms with van der Waals surface area (Å²) in [6, 6.07) is 1.03. The first-order chi connectivity index (χ1) is 28.7. The molecule has 0 aromatic heterocycles. The molecule has 0 spiro atoms. The summed E-state index contributed by atoms with van der Waals surface area (Å²) >= 11 is 0. The number of benzene rings is 2. The van der Waals surface area contributed by atoms with E-state index in [1.165, 1.54) is 28.5 Å². The Balaban J connectivity index is 1.20. The summed E-state index contributed by atoms with van der Waals surface area (Å²) in [6.07, 6.45) is 1.42. The summed E-state index contributed by atoms with van der Waals surface area (Å²) < 4.78 is 40.3. The zero-order chi connectivity index (χ0) is 42.8.